The maximum atomic E-state index is 10.9. The van der Waals surface area contributed by atoms with E-state index in [1.807, 2.05) is 12.1 Å². The molecule has 4 rings (SSSR count). The monoisotopic (exact) mass is 387 g/mol. The fourth-order valence-electron chi connectivity index (χ4n) is 2.33. The van der Waals surface area contributed by atoms with Gasteiger partial charge in [-0.3, -0.25) is 10.1 Å². The molecular weight excluding hydrogens is 378 g/mol. The summed E-state index contributed by atoms with van der Waals surface area (Å²) in [6.07, 6.45) is 1.55. The summed E-state index contributed by atoms with van der Waals surface area (Å²) in [5.41, 5.74) is 0.656. The summed E-state index contributed by atoms with van der Waals surface area (Å²) in [5, 5.41) is 24.6. The number of benzene rings is 2. The molecule has 3 aromatic rings. The zero-order valence-electron chi connectivity index (χ0n) is 13.1. The first kappa shape index (κ1) is 16.6. The molecule has 0 aliphatic carbocycles. The third kappa shape index (κ3) is 3.14. The van der Waals surface area contributed by atoms with E-state index in [4.69, 9.17) is 16.3 Å². The molecule has 2 heterocycles. The second kappa shape index (κ2) is 6.77. The van der Waals surface area contributed by atoms with E-state index in [9.17, 15) is 10.1 Å². The molecule has 26 heavy (non-hydrogen) atoms. The third-order valence-electron chi connectivity index (χ3n) is 3.59. The minimum Gasteiger partial charge on any atom is -0.484 e. The fraction of sp³-hybridized carbons (Fsp3) is 0.0625. The molecule has 130 valence electrons. The summed E-state index contributed by atoms with van der Waals surface area (Å²) in [4.78, 5) is 11.3. The van der Waals surface area contributed by atoms with Crippen LogP contribution < -0.4 is 4.74 Å². The van der Waals surface area contributed by atoms with Gasteiger partial charge in [0, 0.05) is 22.6 Å². The van der Waals surface area contributed by atoms with Gasteiger partial charge in [-0.05, 0) is 30.0 Å². The van der Waals surface area contributed by atoms with Crippen LogP contribution in [0.25, 0.3) is 0 Å². The van der Waals surface area contributed by atoms with Crippen molar-refractivity contribution in [3.8, 4) is 5.75 Å². The van der Waals surface area contributed by atoms with Crippen molar-refractivity contribution in [3.63, 3.8) is 0 Å². The van der Waals surface area contributed by atoms with Crippen molar-refractivity contribution in [3.05, 3.63) is 69.0 Å². The quantitative estimate of drug-likeness (QED) is 0.390. The standard InChI is InChI=1S/C16H10ClN5O3S/c17-12-3-1-2-4-13(12)25-9-15-19-20-16-21(15)18-8-10-7-11(22(23)24)5-6-14(10)26-16/h1-8H,9H2. The molecule has 0 atom stereocenters. The van der Waals surface area contributed by atoms with Crippen LogP contribution in [0.5, 0.6) is 5.75 Å². The van der Waals surface area contributed by atoms with Crippen LogP contribution in [0.1, 0.15) is 11.4 Å². The van der Waals surface area contributed by atoms with Crippen molar-refractivity contribution < 1.29 is 9.66 Å². The molecule has 10 heteroatoms. The first-order valence-electron chi connectivity index (χ1n) is 7.44. The lowest BCUT2D eigenvalue weighted by molar-refractivity contribution is -0.384. The Kier molecular flexibility index (Phi) is 4.31. The van der Waals surface area contributed by atoms with Gasteiger partial charge in [0.1, 0.15) is 12.4 Å². The molecule has 0 saturated carbocycles. The molecule has 0 bridgehead atoms. The highest BCUT2D eigenvalue weighted by Gasteiger charge is 2.19. The average Bonchev–Trinajstić information content (AvgIpc) is 2.91. The van der Waals surface area contributed by atoms with Crippen LogP contribution in [0.3, 0.4) is 0 Å². The van der Waals surface area contributed by atoms with E-state index in [1.165, 1.54) is 23.9 Å². The van der Waals surface area contributed by atoms with E-state index in [1.54, 1.807) is 29.1 Å². The number of fused-ring (bicyclic) bond motifs is 2. The van der Waals surface area contributed by atoms with Gasteiger partial charge in [-0.1, -0.05) is 23.7 Å². The van der Waals surface area contributed by atoms with Gasteiger partial charge in [-0.2, -0.15) is 9.78 Å². The molecule has 0 unspecified atom stereocenters. The van der Waals surface area contributed by atoms with Crippen molar-refractivity contribution in [1.82, 2.24) is 14.9 Å². The van der Waals surface area contributed by atoms with Crippen molar-refractivity contribution in [2.45, 2.75) is 16.7 Å². The predicted octanol–water partition coefficient (Wildman–Crippen LogP) is 3.77. The van der Waals surface area contributed by atoms with Crippen molar-refractivity contribution >= 4 is 35.3 Å². The van der Waals surface area contributed by atoms with E-state index in [-0.39, 0.29) is 12.3 Å². The Hall–Kier alpha value is -2.91. The predicted molar refractivity (Wildman–Crippen MR) is 96.0 cm³/mol. The Morgan fingerprint density at radius 1 is 1.23 bits per heavy atom. The highest BCUT2D eigenvalue weighted by molar-refractivity contribution is 7.99. The van der Waals surface area contributed by atoms with E-state index < -0.39 is 4.92 Å². The molecule has 0 fully saturated rings. The van der Waals surface area contributed by atoms with Crippen molar-refractivity contribution in [2.75, 3.05) is 0 Å². The van der Waals surface area contributed by atoms with Gasteiger partial charge < -0.3 is 4.74 Å². The van der Waals surface area contributed by atoms with E-state index >= 15 is 0 Å². The third-order valence-corrected chi connectivity index (χ3v) is 4.93. The van der Waals surface area contributed by atoms with E-state index in [0.29, 0.717) is 27.3 Å². The SMILES string of the molecule is O=[N+]([O-])c1ccc2c(c1)C=Nn1c(COc3ccccc3Cl)nnc1S2. The molecule has 0 N–H and O–H groups in total. The van der Waals surface area contributed by atoms with Gasteiger partial charge in [-0.15, -0.1) is 10.2 Å². The number of rotatable bonds is 4. The Balaban J connectivity index is 1.60. The van der Waals surface area contributed by atoms with Crippen molar-refractivity contribution in [1.29, 1.82) is 0 Å². The number of nitrogens with zero attached hydrogens (tertiary/aromatic N) is 5. The Morgan fingerprint density at radius 3 is 2.88 bits per heavy atom. The minimum absolute atomic E-state index is 0.00995. The summed E-state index contributed by atoms with van der Waals surface area (Å²) in [6, 6.07) is 11.7. The lowest BCUT2D eigenvalue weighted by Crippen LogP contribution is -2.04. The number of hydrogen-bond acceptors (Lipinski definition) is 7. The fourth-order valence-corrected chi connectivity index (χ4v) is 3.40. The van der Waals surface area contributed by atoms with Gasteiger partial charge in [0.25, 0.3) is 5.69 Å². The first-order valence-corrected chi connectivity index (χ1v) is 8.63. The number of ether oxygens (including phenoxy) is 1. The molecule has 0 saturated heterocycles. The maximum Gasteiger partial charge on any atom is 0.270 e. The van der Waals surface area contributed by atoms with Gasteiger partial charge in [0.05, 0.1) is 16.2 Å². The molecule has 1 aromatic heterocycles. The van der Waals surface area contributed by atoms with Gasteiger partial charge in [-0.25, -0.2) is 0 Å². The van der Waals surface area contributed by atoms with Gasteiger partial charge in [0.2, 0.25) is 5.16 Å². The maximum absolute atomic E-state index is 10.9. The van der Waals surface area contributed by atoms with Crippen LogP contribution in [-0.2, 0) is 6.61 Å². The summed E-state index contributed by atoms with van der Waals surface area (Å²) >= 11 is 7.41. The van der Waals surface area contributed by atoms with Crippen LogP contribution >= 0.6 is 23.4 Å². The lowest BCUT2D eigenvalue weighted by atomic mass is 10.2. The number of para-hydroxylation sites is 1. The number of aromatic nitrogens is 3. The Morgan fingerprint density at radius 2 is 2.08 bits per heavy atom. The second-order valence-corrected chi connectivity index (χ2v) is 6.67. The number of non-ortho nitro benzene ring substituents is 1. The molecule has 0 spiro atoms. The second-order valence-electron chi connectivity index (χ2n) is 5.26. The molecular formula is C16H10ClN5O3S. The largest absolute Gasteiger partial charge is 0.484 e. The number of hydrogen-bond donors (Lipinski definition) is 0. The minimum atomic E-state index is -0.438. The van der Waals surface area contributed by atoms with Crippen LogP contribution in [0, 0.1) is 10.1 Å². The summed E-state index contributed by atoms with van der Waals surface area (Å²) < 4.78 is 7.24. The van der Waals surface area contributed by atoms with Gasteiger partial charge in [0.15, 0.2) is 5.82 Å². The van der Waals surface area contributed by atoms with E-state index in [0.717, 1.165) is 4.90 Å². The Labute approximate surface area is 156 Å². The van der Waals surface area contributed by atoms with Crippen LogP contribution in [0.4, 0.5) is 5.69 Å². The molecule has 1 aliphatic heterocycles. The zero-order valence-corrected chi connectivity index (χ0v) is 14.6. The lowest BCUT2D eigenvalue weighted by Gasteiger charge is -2.07. The molecule has 2 aromatic carbocycles. The van der Waals surface area contributed by atoms with Crippen LogP contribution in [-0.4, -0.2) is 26.0 Å². The zero-order chi connectivity index (χ0) is 18.1. The van der Waals surface area contributed by atoms with E-state index in [2.05, 4.69) is 15.3 Å². The molecule has 1 aliphatic rings. The molecule has 0 amide bonds. The smallest absolute Gasteiger partial charge is 0.270 e. The topological polar surface area (TPSA) is 95.4 Å². The molecule has 8 nitrogen and oxygen atoms in total. The Bertz CT molecular complexity index is 1040. The van der Waals surface area contributed by atoms with Crippen molar-refractivity contribution in [2.24, 2.45) is 5.10 Å². The molecule has 0 radical (unpaired) electrons. The van der Waals surface area contributed by atoms with Crippen LogP contribution in [0.15, 0.2) is 57.6 Å². The number of nitro benzene ring substituents is 1. The highest BCUT2D eigenvalue weighted by atomic mass is 35.5. The highest BCUT2D eigenvalue weighted by Crippen LogP contribution is 2.33. The van der Waals surface area contributed by atoms with Crippen LogP contribution in [0.2, 0.25) is 5.02 Å². The summed E-state index contributed by atoms with van der Waals surface area (Å²) in [5.74, 6) is 1.03. The first-order chi connectivity index (χ1) is 12.6. The number of nitro groups is 1. The normalized spacial score (nSPS) is 12.2. The number of halogens is 1. The summed E-state index contributed by atoms with van der Waals surface area (Å²) in [7, 11) is 0. The van der Waals surface area contributed by atoms with Gasteiger partial charge >= 0.3 is 0 Å². The average molecular weight is 388 g/mol. The summed E-state index contributed by atoms with van der Waals surface area (Å²) in [6.45, 7) is 0.130.